The zero-order valence-corrected chi connectivity index (χ0v) is 23.9. The quantitative estimate of drug-likeness (QED) is 0.330. The van der Waals surface area contributed by atoms with E-state index in [0.717, 1.165) is 42.4 Å². The van der Waals surface area contributed by atoms with Crippen molar-refractivity contribution >= 4 is 17.9 Å². The van der Waals surface area contributed by atoms with E-state index in [4.69, 9.17) is 10.7 Å². The standard InChI is InChI=1S/C32H45N5O3/c1-2-3-18-32(21-25-10-6-4-7-11-25)29(39)37(30(33)35-32)24-28-16-14-26(15-17-28)22-34-31(40)36(19-20-38)23-27-12-8-5-9-13-27/h5,8-9,12-17,25,38H,2-4,6-7,10-11,18-24H2,1H3,(H2,33,35)(H,34,40). The van der Waals surface area contributed by atoms with Crippen LogP contribution in [0.2, 0.25) is 0 Å². The molecule has 1 aliphatic carbocycles. The molecule has 1 unspecified atom stereocenters. The molecule has 8 heteroatoms. The summed E-state index contributed by atoms with van der Waals surface area (Å²) in [6.45, 7) is 3.49. The van der Waals surface area contributed by atoms with Crippen molar-refractivity contribution in [3.63, 3.8) is 0 Å². The fourth-order valence-corrected chi connectivity index (χ4v) is 5.98. The van der Waals surface area contributed by atoms with Gasteiger partial charge in [-0.1, -0.05) is 106 Å². The molecule has 1 atom stereocenters. The summed E-state index contributed by atoms with van der Waals surface area (Å²) in [7, 11) is 0. The number of aliphatic hydroxyl groups is 1. The van der Waals surface area contributed by atoms with E-state index in [1.54, 1.807) is 9.80 Å². The number of hydrogen-bond acceptors (Lipinski definition) is 5. The van der Waals surface area contributed by atoms with Gasteiger partial charge in [-0.25, -0.2) is 9.79 Å². The van der Waals surface area contributed by atoms with Crippen molar-refractivity contribution < 1.29 is 14.7 Å². The Balaban J connectivity index is 1.34. The van der Waals surface area contributed by atoms with Crippen LogP contribution in [-0.2, 0) is 24.4 Å². The summed E-state index contributed by atoms with van der Waals surface area (Å²) in [5.74, 6) is 0.917. The summed E-state index contributed by atoms with van der Waals surface area (Å²) >= 11 is 0. The number of urea groups is 1. The molecule has 8 nitrogen and oxygen atoms in total. The molecule has 0 radical (unpaired) electrons. The van der Waals surface area contributed by atoms with E-state index in [2.05, 4.69) is 12.2 Å². The first kappa shape index (κ1) is 29.6. The minimum Gasteiger partial charge on any atom is -0.395 e. The van der Waals surface area contributed by atoms with Gasteiger partial charge in [-0.3, -0.25) is 9.69 Å². The van der Waals surface area contributed by atoms with Crippen molar-refractivity contribution in [3.8, 4) is 0 Å². The summed E-state index contributed by atoms with van der Waals surface area (Å²) in [6.07, 6.45) is 9.68. The fourth-order valence-electron chi connectivity index (χ4n) is 5.98. The van der Waals surface area contributed by atoms with Gasteiger partial charge < -0.3 is 21.1 Å². The number of benzene rings is 2. The SMILES string of the molecule is CCCCC1(CC2CCCCC2)N=C(N)N(Cc2ccc(CNC(=O)N(CCO)Cc3ccccc3)cc2)C1=O. The van der Waals surface area contributed by atoms with E-state index in [1.807, 2.05) is 54.6 Å². The topological polar surface area (TPSA) is 111 Å². The molecular weight excluding hydrogens is 502 g/mol. The first-order valence-electron chi connectivity index (χ1n) is 14.9. The number of nitrogens with two attached hydrogens (primary N) is 1. The smallest absolute Gasteiger partial charge is 0.318 e. The lowest BCUT2D eigenvalue weighted by Crippen LogP contribution is -2.45. The van der Waals surface area contributed by atoms with E-state index < -0.39 is 5.54 Å². The van der Waals surface area contributed by atoms with E-state index in [9.17, 15) is 14.7 Å². The highest BCUT2D eigenvalue weighted by molar-refractivity contribution is 6.06. The van der Waals surface area contributed by atoms with E-state index in [0.29, 0.717) is 31.5 Å². The van der Waals surface area contributed by atoms with Gasteiger partial charge in [0.25, 0.3) is 5.91 Å². The second kappa shape index (κ2) is 14.3. The Hall–Kier alpha value is -3.39. The first-order chi connectivity index (χ1) is 19.4. The molecule has 4 rings (SSSR count). The van der Waals surface area contributed by atoms with Gasteiger partial charge in [-0.15, -0.1) is 0 Å². The number of rotatable bonds is 13. The average Bonchev–Trinajstić information content (AvgIpc) is 3.20. The second-order valence-electron chi connectivity index (χ2n) is 11.3. The molecule has 1 aliphatic heterocycles. The number of hydrogen-bond donors (Lipinski definition) is 3. The molecule has 0 spiro atoms. The van der Waals surface area contributed by atoms with Gasteiger partial charge >= 0.3 is 6.03 Å². The number of unbranched alkanes of at least 4 members (excludes halogenated alkanes) is 1. The van der Waals surface area contributed by atoms with Gasteiger partial charge in [-0.2, -0.15) is 0 Å². The molecule has 0 saturated heterocycles. The van der Waals surface area contributed by atoms with Crippen LogP contribution >= 0.6 is 0 Å². The lowest BCUT2D eigenvalue weighted by Gasteiger charge is -2.32. The Morgan fingerprint density at radius 3 is 2.45 bits per heavy atom. The number of guanidine groups is 1. The van der Waals surface area contributed by atoms with Crippen LogP contribution in [-0.4, -0.2) is 51.5 Å². The first-order valence-corrected chi connectivity index (χ1v) is 14.9. The van der Waals surface area contributed by atoms with E-state index in [1.165, 1.54) is 32.1 Å². The van der Waals surface area contributed by atoms with Crippen LogP contribution in [0.5, 0.6) is 0 Å². The highest BCUT2D eigenvalue weighted by Crippen LogP contribution is 2.39. The second-order valence-corrected chi connectivity index (χ2v) is 11.3. The predicted octanol–water partition coefficient (Wildman–Crippen LogP) is 4.95. The molecular formula is C32H45N5O3. The Morgan fingerprint density at radius 1 is 1.07 bits per heavy atom. The van der Waals surface area contributed by atoms with Crippen LogP contribution in [0.25, 0.3) is 0 Å². The van der Waals surface area contributed by atoms with Gasteiger partial charge in [0.2, 0.25) is 0 Å². The number of carbonyl (C=O) groups is 2. The third-order valence-electron chi connectivity index (χ3n) is 8.22. The van der Waals surface area contributed by atoms with Crippen molar-refractivity contribution in [3.05, 3.63) is 71.3 Å². The zero-order chi connectivity index (χ0) is 28.4. The monoisotopic (exact) mass is 547 g/mol. The maximum absolute atomic E-state index is 13.8. The molecule has 40 heavy (non-hydrogen) atoms. The number of amides is 3. The lowest BCUT2D eigenvalue weighted by atomic mass is 9.77. The van der Waals surface area contributed by atoms with Crippen molar-refractivity contribution in [2.45, 2.75) is 89.9 Å². The van der Waals surface area contributed by atoms with Crippen LogP contribution in [0.1, 0.15) is 81.4 Å². The third kappa shape index (κ3) is 7.62. The Morgan fingerprint density at radius 2 is 1.77 bits per heavy atom. The molecule has 4 N–H and O–H groups in total. The average molecular weight is 548 g/mol. The summed E-state index contributed by atoms with van der Waals surface area (Å²) in [5, 5.41) is 12.4. The van der Waals surface area contributed by atoms with Crippen molar-refractivity contribution in [1.82, 2.24) is 15.1 Å². The van der Waals surface area contributed by atoms with Crippen LogP contribution < -0.4 is 11.1 Å². The van der Waals surface area contributed by atoms with Crippen molar-refractivity contribution in [1.29, 1.82) is 0 Å². The summed E-state index contributed by atoms with van der Waals surface area (Å²) < 4.78 is 0. The van der Waals surface area contributed by atoms with Gasteiger partial charge in [0.15, 0.2) is 5.96 Å². The predicted molar refractivity (Wildman–Crippen MR) is 158 cm³/mol. The van der Waals surface area contributed by atoms with E-state index in [-0.39, 0.29) is 25.1 Å². The molecule has 1 fully saturated rings. The van der Waals surface area contributed by atoms with Gasteiger partial charge in [0.1, 0.15) is 5.54 Å². The summed E-state index contributed by atoms with van der Waals surface area (Å²) in [5.41, 5.74) is 8.58. The normalized spacial score (nSPS) is 19.5. The maximum atomic E-state index is 13.8. The van der Waals surface area contributed by atoms with Crippen LogP contribution in [0.3, 0.4) is 0 Å². The molecule has 3 amide bonds. The molecule has 1 heterocycles. The molecule has 1 saturated carbocycles. The molecule has 2 aliphatic rings. The van der Waals surface area contributed by atoms with Gasteiger partial charge in [0.05, 0.1) is 13.2 Å². The summed E-state index contributed by atoms with van der Waals surface area (Å²) in [6, 6.07) is 17.4. The Bertz CT molecular complexity index is 1130. The summed E-state index contributed by atoms with van der Waals surface area (Å²) in [4.78, 5) is 34.7. The number of nitrogens with zero attached hydrogens (tertiary/aromatic N) is 3. The maximum Gasteiger partial charge on any atom is 0.318 e. The molecule has 216 valence electrons. The fraction of sp³-hybridized carbons (Fsp3) is 0.531. The van der Waals surface area contributed by atoms with Crippen LogP contribution in [0.15, 0.2) is 59.6 Å². The third-order valence-corrected chi connectivity index (χ3v) is 8.22. The molecule has 0 aromatic heterocycles. The van der Waals surface area contributed by atoms with Crippen molar-refractivity contribution in [2.24, 2.45) is 16.6 Å². The van der Waals surface area contributed by atoms with Crippen LogP contribution in [0.4, 0.5) is 4.79 Å². The van der Waals surface area contributed by atoms with Gasteiger partial charge in [0, 0.05) is 19.6 Å². The zero-order valence-electron chi connectivity index (χ0n) is 23.9. The lowest BCUT2D eigenvalue weighted by molar-refractivity contribution is -0.132. The highest BCUT2D eigenvalue weighted by atomic mass is 16.3. The highest BCUT2D eigenvalue weighted by Gasteiger charge is 2.48. The molecule has 0 bridgehead atoms. The molecule has 2 aromatic rings. The number of nitrogens with one attached hydrogen (secondary N) is 1. The Kier molecular flexibility index (Phi) is 10.6. The van der Waals surface area contributed by atoms with Crippen molar-refractivity contribution in [2.75, 3.05) is 13.2 Å². The van der Waals surface area contributed by atoms with E-state index >= 15 is 0 Å². The number of aliphatic imine (C=N–C) groups is 1. The molecule has 2 aromatic carbocycles. The van der Waals surface area contributed by atoms with Crippen LogP contribution in [0, 0.1) is 5.92 Å². The minimum atomic E-state index is -0.716. The largest absolute Gasteiger partial charge is 0.395 e. The Labute approximate surface area is 238 Å². The number of carbonyl (C=O) groups excluding carboxylic acids is 2. The van der Waals surface area contributed by atoms with Gasteiger partial charge in [-0.05, 0) is 35.4 Å². The number of aliphatic hydroxyl groups excluding tert-OH is 1. The minimum absolute atomic E-state index is 0.0442.